The highest BCUT2D eigenvalue weighted by Crippen LogP contribution is 2.54. The van der Waals surface area contributed by atoms with E-state index < -0.39 is 18.0 Å². The number of esters is 1. The Bertz CT molecular complexity index is 1030. The summed E-state index contributed by atoms with van der Waals surface area (Å²) in [4.78, 5) is 12.5. The van der Waals surface area contributed by atoms with Crippen LogP contribution < -0.4 is 23.7 Å². The fourth-order valence-corrected chi connectivity index (χ4v) is 4.70. The smallest absolute Gasteiger partial charge is 0.312 e. The van der Waals surface area contributed by atoms with E-state index in [0.29, 0.717) is 46.3 Å². The van der Waals surface area contributed by atoms with Crippen molar-refractivity contribution < 1.29 is 38.3 Å². The number of fused-ring (bicyclic) bond motifs is 5. The van der Waals surface area contributed by atoms with Gasteiger partial charge >= 0.3 is 5.97 Å². The van der Waals surface area contributed by atoms with E-state index in [2.05, 4.69) is 0 Å². The first-order valence-corrected chi connectivity index (χ1v) is 9.67. The molecule has 3 unspecified atom stereocenters. The molecule has 1 fully saturated rings. The van der Waals surface area contributed by atoms with Gasteiger partial charge in [0.05, 0.1) is 40.0 Å². The maximum Gasteiger partial charge on any atom is 0.312 e. The molecule has 0 radical (unpaired) electrons. The molecule has 5 rings (SSSR count). The molecule has 0 aromatic heterocycles. The van der Waals surface area contributed by atoms with Crippen molar-refractivity contribution in [1.29, 1.82) is 0 Å². The van der Waals surface area contributed by atoms with E-state index in [-0.39, 0.29) is 19.3 Å². The molecule has 8 nitrogen and oxygen atoms in total. The molecule has 0 bridgehead atoms. The minimum Gasteiger partial charge on any atom is -0.493 e. The summed E-state index contributed by atoms with van der Waals surface area (Å²) >= 11 is 0. The van der Waals surface area contributed by atoms with E-state index in [9.17, 15) is 9.90 Å². The van der Waals surface area contributed by atoms with Crippen molar-refractivity contribution in [1.82, 2.24) is 0 Å². The molecule has 3 atom stereocenters. The molecule has 2 aliphatic heterocycles. The van der Waals surface area contributed by atoms with Crippen molar-refractivity contribution in [3.8, 4) is 39.9 Å². The molecule has 1 saturated heterocycles. The third-order valence-electron chi connectivity index (χ3n) is 6.09. The van der Waals surface area contributed by atoms with Crippen LogP contribution in [0.15, 0.2) is 18.2 Å². The quantitative estimate of drug-likeness (QED) is 0.766. The monoisotopic (exact) mass is 414 g/mol. The molecular weight excluding hydrogens is 392 g/mol. The van der Waals surface area contributed by atoms with Gasteiger partial charge in [0.1, 0.15) is 0 Å². The number of methoxy groups -OCH3 is 3. The maximum atomic E-state index is 12.5. The lowest BCUT2D eigenvalue weighted by Crippen LogP contribution is -2.27. The van der Waals surface area contributed by atoms with Gasteiger partial charge in [0.2, 0.25) is 12.5 Å². The molecule has 2 aromatic rings. The zero-order chi connectivity index (χ0) is 21.0. The van der Waals surface area contributed by atoms with Crippen LogP contribution in [0.1, 0.15) is 17.2 Å². The van der Waals surface area contributed by atoms with Gasteiger partial charge in [0.15, 0.2) is 23.0 Å². The van der Waals surface area contributed by atoms with Crippen LogP contribution in [-0.4, -0.2) is 45.8 Å². The molecule has 1 aliphatic carbocycles. The molecular formula is C22H22O8. The summed E-state index contributed by atoms with van der Waals surface area (Å²) < 4.78 is 33.3. The Hall–Kier alpha value is -3.13. The number of benzene rings is 2. The second kappa shape index (κ2) is 6.98. The molecule has 8 heteroatoms. The predicted molar refractivity (Wildman–Crippen MR) is 104 cm³/mol. The van der Waals surface area contributed by atoms with Crippen LogP contribution >= 0.6 is 0 Å². The molecule has 1 N–H and O–H groups in total. The third-order valence-corrected chi connectivity index (χ3v) is 6.09. The molecule has 3 aliphatic rings. The third kappa shape index (κ3) is 2.60. The zero-order valence-electron chi connectivity index (χ0n) is 16.9. The van der Waals surface area contributed by atoms with E-state index >= 15 is 0 Å². The second-order valence-electron chi connectivity index (χ2n) is 7.54. The van der Waals surface area contributed by atoms with Crippen LogP contribution in [0.3, 0.4) is 0 Å². The van der Waals surface area contributed by atoms with Gasteiger partial charge in [-0.2, -0.15) is 0 Å². The number of carbonyl (C=O) groups is 1. The summed E-state index contributed by atoms with van der Waals surface area (Å²) in [6.45, 7) is 0.401. The van der Waals surface area contributed by atoms with Crippen molar-refractivity contribution in [2.75, 3.05) is 34.7 Å². The van der Waals surface area contributed by atoms with Crippen LogP contribution in [0.25, 0.3) is 11.1 Å². The van der Waals surface area contributed by atoms with Crippen LogP contribution in [-0.2, 0) is 16.0 Å². The SMILES string of the molecule is COc1cc2c(c(OC)c1OC)-c1cc3c(cc1CC1COC(=O)C1C2O)OCO3. The molecule has 0 saturated carbocycles. The molecule has 158 valence electrons. The number of rotatable bonds is 3. The summed E-state index contributed by atoms with van der Waals surface area (Å²) in [5.74, 6) is 1.22. The molecule has 0 spiro atoms. The lowest BCUT2D eigenvalue weighted by Gasteiger charge is -2.30. The van der Waals surface area contributed by atoms with E-state index in [4.69, 9.17) is 28.4 Å². The zero-order valence-corrected chi connectivity index (χ0v) is 16.9. The standard InChI is InChI=1S/C22H22O8/c1-25-16-7-13-18(21(27-3)20(16)26-2)12-6-15-14(29-9-30-15)5-10(12)4-11-8-28-22(24)17(11)19(13)23/h5-7,11,17,19,23H,4,8-9H2,1-3H3. The highest BCUT2D eigenvalue weighted by Gasteiger charge is 2.46. The molecule has 30 heavy (non-hydrogen) atoms. The lowest BCUT2D eigenvalue weighted by molar-refractivity contribution is -0.144. The first-order valence-electron chi connectivity index (χ1n) is 9.67. The van der Waals surface area contributed by atoms with Gasteiger partial charge in [-0.25, -0.2) is 0 Å². The molecule has 2 heterocycles. The van der Waals surface area contributed by atoms with Gasteiger partial charge in [-0.05, 0) is 41.3 Å². The number of hydrogen-bond acceptors (Lipinski definition) is 8. The van der Waals surface area contributed by atoms with Crippen LogP contribution in [0.5, 0.6) is 28.7 Å². The number of aliphatic hydroxyl groups excluding tert-OH is 1. The topological polar surface area (TPSA) is 92.7 Å². The largest absolute Gasteiger partial charge is 0.493 e. The summed E-state index contributed by atoms with van der Waals surface area (Å²) in [7, 11) is 4.57. The summed E-state index contributed by atoms with van der Waals surface area (Å²) in [6, 6.07) is 5.51. The maximum absolute atomic E-state index is 12.5. The highest BCUT2D eigenvalue weighted by atomic mass is 16.7. The van der Waals surface area contributed by atoms with Crippen LogP contribution in [0, 0.1) is 11.8 Å². The average molecular weight is 414 g/mol. The van der Waals surface area contributed by atoms with E-state index in [1.165, 1.54) is 21.3 Å². The van der Waals surface area contributed by atoms with Crippen molar-refractivity contribution >= 4 is 5.97 Å². The van der Waals surface area contributed by atoms with Crippen molar-refractivity contribution in [2.24, 2.45) is 11.8 Å². The first kappa shape index (κ1) is 18.9. The normalized spacial score (nSPS) is 23.5. The van der Waals surface area contributed by atoms with Crippen LogP contribution in [0.2, 0.25) is 0 Å². The second-order valence-corrected chi connectivity index (χ2v) is 7.54. The van der Waals surface area contributed by atoms with Gasteiger partial charge in [-0.15, -0.1) is 0 Å². The number of carbonyl (C=O) groups excluding carboxylic acids is 1. The van der Waals surface area contributed by atoms with E-state index in [0.717, 1.165) is 11.1 Å². The Balaban J connectivity index is 1.85. The van der Waals surface area contributed by atoms with Gasteiger partial charge in [0.25, 0.3) is 0 Å². The van der Waals surface area contributed by atoms with Gasteiger partial charge in [-0.3, -0.25) is 4.79 Å². The fraction of sp³-hybridized carbons (Fsp3) is 0.409. The Morgan fingerprint density at radius 3 is 2.40 bits per heavy atom. The van der Waals surface area contributed by atoms with E-state index in [1.807, 2.05) is 12.1 Å². The number of ether oxygens (including phenoxy) is 6. The highest BCUT2D eigenvalue weighted by molar-refractivity contribution is 5.86. The number of aliphatic hydroxyl groups is 1. The predicted octanol–water partition coefficient (Wildman–Crippen LogP) is 2.49. The molecule has 2 aromatic carbocycles. The average Bonchev–Trinajstić information content (AvgIpc) is 3.35. The van der Waals surface area contributed by atoms with Crippen molar-refractivity contribution in [3.05, 3.63) is 29.3 Å². The van der Waals surface area contributed by atoms with E-state index in [1.54, 1.807) is 6.07 Å². The summed E-state index contributed by atoms with van der Waals surface area (Å²) in [6.07, 6.45) is -0.552. The van der Waals surface area contributed by atoms with Gasteiger partial charge < -0.3 is 33.5 Å². The Morgan fingerprint density at radius 1 is 0.967 bits per heavy atom. The van der Waals surface area contributed by atoms with Crippen molar-refractivity contribution in [3.63, 3.8) is 0 Å². The van der Waals surface area contributed by atoms with Crippen LogP contribution in [0.4, 0.5) is 0 Å². The number of cyclic esters (lactones) is 1. The van der Waals surface area contributed by atoms with Gasteiger partial charge in [0, 0.05) is 11.5 Å². The van der Waals surface area contributed by atoms with Gasteiger partial charge in [-0.1, -0.05) is 0 Å². The molecule has 0 amide bonds. The Kier molecular flexibility index (Phi) is 4.39. The first-order chi connectivity index (χ1) is 14.6. The Labute approximate surface area is 173 Å². The minimum absolute atomic E-state index is 0.143. The summed E-state index contributed by atoms with van der Waals surface area (Å²) in [5, 5.41) is 11.3. The lowest BCUT2D eigenvalue weighted by atomic mass is 9.76. The number of hydrogen-bond donors (Lipinski definition) is 1. The minimum atomic E-state index is -1.09. The van der Waals surface area contributed by atoms with Crippen molar-refractivity contribution in [2.45, 2.75) is 12.5 Å². The fourth-order valence-electron chi connectivity index (χ4n) is 4.70. The summed E-state index contributed by atoms with van der Waals surface area (Å²) in [5.41, 5.74) is 2.92. The Morgan fingerprint density at radius 2 is 1.70 bits per heavy atom.